The van der Waals surface area contributed by atoms with Crippen LogP contribution in [0.15, 0.2) is 30.7 Å². The van der Waals surface area contributed by atoms with Crippen molar-refractivity contribution in [2.45, 2.75) is 20.8 Å². The number of amides is 1. The standard InChI is InChI=1S/C16H16Cl2N6O/c1-16(2,3)15(25)23-22-13-10-7-21-24(14(10)20-8-19-13)9-4-5-11(17)12(18)6-9/h4-8H,1-3H3,(H,23,25)(H,19,20,22). The monoisotopic (exact) mass is 378 g/mol. The Hall–Kier alpha value is -2.38. The molecule has 2 N–H and O–H groups in total. The Bertz CT molecular complexity index is 947. The summed E-state index contributed by atoms with van der Waals surface area (Å²) >= 11 is 12.0. The van der Waals surface area contributed by atoms with Crippen molar-refractivity contribution in [1.82, 2.24) is 25.2 Å². The Morgan fingerprint density at radius 2 is 1.92 bits per heavy atom. The summed E-state index contributed by atoms with van der Waals surface area (Å²) in [6.45, 7) is 5.46. The third-order valence-electron chi connectivity index (χ3n) is 3.49. The molecule has 0 unspecified atom stereocenters. The van der Waals surface area contributed by atoms with Crippen molar-refractivity contribution in [2.75, 3.05) is 5.43 Å². The fourth-order valence-electron chi connectivity index (χ4n) is 2.05. The van der Waals surface area contributed by atoms with Crippen LogP contribution >= 0.6 is 23.2 Å². The fourth-order valence-corrected chi connectivity index (χ4v) is 2.35. The molecule has 0 fully saturated rings. The van der Waals surface area contributed by atoms with Crippen molar-refractivity contribution in [2.24, 2.45) is 5.41 Å². The van der Waals surface area contributed by atoms with Crippen molar-refractivity contribution in [1.29, 1.82) is 0 Å². The van der Waals surface area contributed by atoms with Gasteiger partial charge >= 0.3 is 0 Å². The van der Waals surface area contributed by atoms with Gasteiger partial charge in [0.1, 0.15) is 6.33 Å². The quantitative estimate of drug-likeness (QED) is 0.679. The van der Waals surface area contributed by atoms with Gasteiger partial charge in [-0.2, -0.15) is 5.10 Å². The predicted molar refractivity (Wildman–Crippen MR) is 97.9 cm³/mol. The molecule has 2 aromatic heterocycles. The highest BCUT2D eigenvalue weighted by molar-refractivity contribution is 6.42. The summed E-state index contributed by atoms with van der Waals surface area (Å²) in [5, 5.41) is 5.87. The van der Waals surface area contributed by atoms with Gasteiger partial charge in [0.25, 0.3) is 0 Å². The molecule has 1 amide bonds. The summed E-state index contributed by atoms with van der Waals surface area (Å²) in [4.78, 5) is 20.4. The molecular weight excluding hydrogens is 363 g/mol. The maximum Gasteiger partial charge on any atom is 0.243 e. The van der Waals surface area contributed by atoms with Gasteiger partial charge in [0.15, 0.2) is 11.5 Å². The van der Waals surface area contributed by atoms with E-state index in [1.165, 1.54) is 6.33 Å². The lowest BCUT2D eigenvalue weighted by molar-refractivity contribution is -0.127. The zero-order valence-electron chi connectivity index (χ0n) is 13.8. The molecule has 25 heavy (non-hydrogen) atoms. The summed E-state index contributed by atoms with van der Waals surface area (Å²) in [6.07, 6.45) is 3.01. The fraction of sp³-hybridized carbons (Fsp3) is 0.250. The van der Waals surface area contributed by atoms with Gasteiger partial charge in [-0.05, 0) is 18.2 Å². The highest BCUT2D eigenvalue weighted by atomic mass is 35.5. The van der Waals surface area contributed by atoms with Crippen LogP contribution in [-0.2, 0) is 4.79 Å². The number of hydrogen-bond acceptors (Lipinski definition) is 5. The molecular formula is C16H16Cl2N6O. The van der Waals surface area contributed by atoms with Gasteiger partial charge in [-0.25, -0.2) is 14.6 Å². The number of aromatic nitrogens is 4. The second kappa shape index (κ2) is 6.50. The predicted octanol–water partition coefficient (Wildman–Crippen LogP) is 3.61. The molecule has 1 aromatic carbocycles. The van der Waals surface area contributed by atoms with E-state index in [2.05, 4.69) is 25.9 Å². The van der Waals surface area contributed by atoms with E-state index in [0.29, 0.717) is 32.6 Å². The first-order chi connectivity index (χ1) is 11.8. The lowest BCUT2D eigenvalue weighted by Gasteiger charge is -2.18. The van der Waals surface area contributed by atoms with E-state index in [9.17, 15) is 4.79 Å². The molecule has 9 heteroatoms. The van der Waals surface area contributed by atoms with Gasteiger partial charge in [-0.3, -0.25) is 15.6 Å². The van der Waals surface area contributed by atoms with E-state index in [-0.39, 0.29) is 5.91 Å². The highest BCUT2D eigenvalue weighted by Crippen LogP contribution is 2.27. The van der Waals surface area contributed by atoms with Gasteiger partial charge < -0.3 is 0 Å². The number of rotatable bonds is 3. The van der Waals surface area contributed by atoms with E-state index < -0.39 is 5.41 Å². The van der Waals surface area contributed by atoms with Crippen LogP contribution in [0.3, 0.4) is 0 Å². The number of carbonyl (C=O) groups excluding carboxylic acids is 1. The number of carbonyl (C=O) groups is 1. The molecule has 7 nitrogen and oxygen atoms in total. The third-order valence-corrected chi connectivity index (χ3v) is 4.23. The number of fused-ring (bicyclic) bond motifs is 1. The largest absolute Gasteiger partial charge is 0.281 e. The lowest BCUT2D eigenvalue weighted by atomic mass is 9.96. The first-order valence-electron chi connectivity index (χ1n) is 7.48. The second-order valence-corrected chi connectivity index (χ2v) is 7.26. The van der Waals surface area contributed by atoms with Crippen molar-refractivity contribution in [3.8, 4) is 5.69 Å². The zero-order valence-corrected chi connectivity index (χ0v) is 15.4. The maximum absolute atomic E-state index is 12.0. The van der Waals surface area contributed by atoms with Crippen molar-refractivity contribution in [3.05, 3.63) is 40.8 Å². The normalized spacial score (nSPS) is 11.6. The topological polar surface area (TPSA) is 84.7 Å². The van der Waals surface area contributed by atoms with E-state index in [1.807, 2.05) is 20.8 Å². The van der Waals surface area contributed by atoms with E-state index in [0.717, 1.165) is 0 Å². The first-order valence-corrected chi connectivity index (χ1v) is 8.23. The minimum absolute atomic E-state index is 0.156. The Kier molecular flexibility index (Phi) is 4.53. The Morgan fingerprint density at radius 3 is 2.60 bits per heavy atom. The minimum Gasteiger partial charge on any atom is -0.281 e. The molecule has 0 radical (unpaired) electrons. The van der Waals surface area contributed by atoms with Crippen LogP contribution in [0.1, 0.15) is 20.8 Å². The number of halogens is 2. The van der Waals surface area contributed by atoms with E-state index in [4.69, 9.17) is 23.2 Å². The maximum atomic E-state index is 12.0. The van der Waals surface area contributed by atoms with E-state index >= 15 is 0 Å². The van der Waals surface area contributed by atoms with Crippen LogP contribution in [-0.4, -0.2) is 25.7 Å². The first kappa shape index (κ1) is 17.4. The van der Waals surface area contributed by atoms with Gasteiger partial charge in [0, 0.05) is 5.41 Å². The van der Waals surface area contributed by atoms with Crippen molar-refractivity contribution in [3.63, 3.8) is 0 Å². The molecule has 0 aliphatic rings. The average Bonchev–Trinajstić information content (AvgIpc) is 2.99. The van der Waals surface area contributed by atoms with Crippen LogP contribution in [0.4, 0.5) is 5.82 Å². The minimum atomic E-state index is -0.524. The molecule has 0 aliphatic carbocycles. The number of benzene rings is 1. The summed E-state index contributed by atoms with van der Waals surface area (Å²) in [6, 6.07) is 5.18. The van der Waals surface area contributed by atoms with E-state index in [1.54, 1.807) is 29.1 Å². The Morgan fingerprint density at radius 1 is 1.16 bits per heavy atom. The van der Waals surface area contributed by atoms with Gasteiger partial charge in [0.2, 0.25) is 5.91 Å². The second-order valence-electron chi connectivity index (χ2n) is 6.44. The van der Waals surface area contributed by atoms with Crippen LogP contribution in [0, 0.1) is 5.41 Å². The van der Waals surface area contributed by atoms with Crippen LogP contribution < -0.4 is 10.9 Å². The molecule has 0 bridgehead atoms. The molecule has 3 aromatic rings. The highest BCUT2D eigenvalue weighted by Gasteiger charge is 2.21. The van der Waals surface area contributed by atoms with Crippen LogP contribution in [0.5, 0.6) is 0 Å². The summed E-state index contributed by atoms with van der Waals surface area (Å²) in [7, 11) is 0. The average molecular weight is 379 g/mol. The van der Waals surface area contributed by atoms with Crippen LogP contribution in [0.2, 0.25) is 10.0 Å². The molecule has 0 aliphatic heterocycles. The van der Waals surface area contributed by atoms with Gasteiger partial charge in [-0.15, -0.1) is 0 Å². The number of nitrogens with zero attached hydrogens (tertiary/aromatic N) is 4. The summed E-state index contributed by atoms with van der Waals surface area (Å²) in [5.41, 5.74) is 6.23. The molecule has 130 valence electrons. The number of anilines is 1. The molecule has 0 saturated heterocycles. The number of nitrogens with one attached hydrogen (secondary N) is 2. The van der Waals surface area contributed by atoms with Gasteiger partial charge in [-0.1, -0.05) is 44.0 Å². The number of hydrogen-bond donors (Lipinski definition) is 2. The molecule has 0 saturated carbocycles. The number of hydrazine groups is 1. The summed E-state index contributed by atoms with van der Waals surface area (Å²) < 4.78 is 1.62. The lowest BCUT2D eigenvalue weighted by Crippen LogP contribution is -2.38. The Balaban J connectivity index is 1.95. The third kappa shape index (κ3) is 3.52. The SMILES string of the molecule is CC(C)(C)C(=O)NNc1ncnc2c1cnn2-c1ccc(Cl)c(Cl)c1. The molecule has 0 atom stereocenters. The summed E-state index contributed by atoms with van der Waals surface area (Å²) in [5.74, 6) is 0.296. The molecule has 0 spiro atoms. The Labute approximate surface area is 154 Å². The van der Waals surface area contributed by atoms with Crippen LogP contribution in [0.25, 0.3) is 16.7 Å². The molecule has 3 rings (SSSR count). The van der Waals surface area contributed by atoms with Crippen molar-refractivity contribution >= 4 is 46.0 Å². The smallest absolute Gasteiger partial charge is 0.243 e. The molecule has 2 heterocycles. The van der Waals surface area contributed by atoms with Crippen molar-refractivity contribution < 1.29 is 4.79 Å². The zero-order chi connectivity index (χ0) is 18.2. The van der Waals surface area contributed by atoms with Gasteiger partial charge in [0.05, 0.1) is 27.3 Å².